The Balaban J connectivity index is 2.08. The van der Waals surface area contributed by atoms with Crippen molar-refractivity contribution in [3.8, 4) is 5.75 Å². The van der Waals surface area contributed by atoms with Crippen LogP contribution in [0.5, 0.6) is 5.75 Å². The predicted molar refractivity (Wildman–Crippen MR) is 81.7 cm³/mol. The fraction of sp³-hybridized carbons (Fsp3) is 0.562. The lowest BCUT2D eigenvalue weighted by Gasteiger charge is -2.15. The van der Waals surface area contributed by atoms with Gasteiger partial charge < -0.3 is 15.8 Å². The summed E-state index contributed by atoms with van der Waals surface area (Å²) in [6.45, 7) is 7.25. The first-order chi connectivity index (χ1) is 9.50. The molecule has 0 fully saturated rings. The number of nitrogens with one attached hydrogen (secondary N) is 1. The predicted octanol–water partition coefficient (Wildman–Crippen LogP) is 2.25. The minimum absolute atomic E-state index is 0.0700. The van der Waals surface area contributed by atoms with Gasteiger partial charge in [0.2, 0.25) is 5.91 Å². The minimum atomic E-state index is -0.418. The molecule has 112 valence electrons. The largest absolute Gasteiger partial charge is 0.494 e. The molecule has 1 amide bonds. The van der Waals surface area contributed by atoms with E-state index in [1.807, 2.05) is 45.0 Å². The van der Waals surface area contributed by atoms with Crippen LogP contribution in [0.15, 0.2) is 24.3 Å². The number of carbonyl (C=O) groups excluding carboxylic acids is 1. The fourth-order valence-corrected chi connectivity index (χ4v) is 1.68. The third-order valence-corrected chi connectivity index (χ3v) is 3.18. The Hall–Kier alpha value is -1.55. The third-order valence-electron chi connectivity index (χ3n) is 3.18. The van der Waals surface area contributed by atoms with Gasteiger partial charge in [-0.1, -0.05) is 31.5 Å². The van der Waals surface area contributed by atoms with Crippen LogP contribution in [-0.4, -0.2) is 25.1 Å². The molecule has 0 aliphatic heterocycles. The highest BCUT2D eigenvalue weighted by Gasteiger charge is 2.15. The summed E-state index contributed by atoms with van der Waals surface area (Å²) in [5.41, 5.74) is 6.98. The van der Waals surface area contributed by atoms with E-state index in [2.05, 4.69) is 5.32 Å². The van der Waals surface area contributed by atoms with Gasteiger partial charge in [-0.3, -0.25) is 4.79 Å². The second-order valence-electron chi connectivity index (χ2n) is 5.43. The van der Waals surface area contributed by atoms with E-state index in [-0.39, 0.29) is 11.8 Å². The van der Waals surface area contributed by atoms with E-state index in [1.165, 1.54) is 5.56 Å². The highest BCUT2D eigenvalue weighted by atomic mass is 16.5. The van der Waals surface area contributed by atoms with Gasteiger partial charge in [0, 0.05) is 6.54 Å². The molecule has 1 atom stereocenters. The summed E-state index contributed by atoms with van der Waals surface area (Å²) < 4.78 is 5.62. The monoisotopic (exact) mass is 278 g/mol. The molecule has 0 spiro atoms. The molecule has 0 unspecified atom stereocenters. The van der Waals surface area contributed by atoms with Crippen LogP contribution < -0.4 is 15.8 Å². The molecular formula is C16H26N2O2. The highest BCUT2D eigenvalue weighted by Crippen LogP contribution is 2.11. The lowest BCUT2D eigenvalue weighted by Crippen LogP contribution is -2.44. The number of hydrogen-bond acceptors (Lipinski definition) is 3. The number of rotatable bonds is 8. The Labute approximate surface area is 121 Å². The van der Waals surface area contributed by atoms with E-state index in [9.17, 15) is 4.79 Å². The Kier molecular flexibility index (Phi) is 7.09. The third kappa shape index (κ3) is 6.06. The fourth-order valence-electron chi connectivity index (χ4n) is 1.68. The first kappa shape index (κ1) is 16.5. The smallest absolute Gasteiger partial charge is 0.237 e. The second kappa shape index (κ2) is 8.59. The topological polar surface area (TPSA) is 64.3 Å². The van der Waals surface area contributed by atoms with Gasteiger partial charge in [-0.15, -0.1) is 0 Å². The van der Waals surface area contributed by atoms with Crippen LogP contribution in [0.2, 0.25) is 0 Å². The number of hydrogen-bond donors (Lipinski definition) is 2. The second-order valence-corrected chi connectivity index (χ2v) is 5.43. The molecule has 0 saturated heterocycles. The summed E-state index contributed by atoms with van der Waals surface area (Å²) in [6.07, 6.45) is 1.80. The maximum atomic E-state index is 11.6. The Morgan fingerprint density at radius 1 is 1.25 bits per heavy atom. The van der Waals surface area contributed by atoms with Crippen molar-refractivity contribution in [1.82, 2.24) is 5.32 Å². The van der Waals surface area contributed by atoms with E-state index in [0.29, 0.717) is 13.2 Å². The van der Waals surface area contributed by atoms with Gasteiger partial charge >= 0.3 is 0 Å². The van der Waals surface area contributed by atoms with E-state index in [4.69, 9.17) is 10.5 Å². The molecule has 0 aliphatic rings. The molecule has 20 heavy (non-hydrogen) atoms. The van der Waals surface area contributed by atoms with Crippen molar-refractivity contribution in [2.45, 2.75) is 39.7 Å². The Bertz CT molecular complexity index is 401. The van der Waals surface area contributed by atoms with Crippen molar-refractivity contribution < 1.29 is 9.53 Å². The van der Waals surface area contributed by atoms with Gasteiger partial charge in [-0.25, -0.2) is 0 Å². The van der Waals surface area contributed by atoms with Crippen LogP contribution in [0.3, 0.4) is 0 Å². The van der Waals surface area contributed by atoms with Crippen molar-refractivity contribution in [3.63, 3.8) is 0 Å². The number of aryl methyl sites for hydroxylation is 1. The van der Waals surface area contributed by atoms with E-state index in [1.54, 1.807) is 0 Å². The first-order valence-corrected chi connectivity index (χ1v) is 7.23. The van der Waals surface area contributed by atoms with Gasteiger partial charge in [-0.2, -0.15) is 0 Å². The molecule has 0 aliphatic carbocycles. The molecule has 4 heteroatoms. The van der Waals surface area contributed by atoms with Gasteiger partial charge in [0.15, 0.2) is 0 Å². The van der Waals surface area contributed by atoms with Crippen LogP contribution in [0.25, 0.3) is 0 Å². The molecule has 0 radical (unpaired) electrons. The van der Waals surface area contributed by atoms with Crippen molar-refractivity contribution >= 4 is 5.91 Å². The van der Waals surface area contributed by atoms with Crippen LogP contribution in [-0.2, 0) is 4.79 Å². The Morgan fingerprint density at radius 3 is 2.50 bits per heavy atom. The highest BCUT2D eigenvalue weighted by molar-refractivity contribution is 5.81. The maximum Gasteiger partial charge on any atom is 0.237 e. The number of nitrogens with two attached hydrogens (primary N) is 1. The summed E-state index contributed by atoms with van der Waals surface area (Å²) in [4.78, 5) is 11.6. The first-order valence-electron chi connectivity index (χ1n) is 7.23. The summed E-state index contributed by atoms with van der Waals surface area (Å²) in [7, 11) is 0. The van der Waals surface area contributed by atoms with Gasteiger partial charge in [0.1, 0.15) is 5.75 Å². The van der Waals surface area contributed by atoms with Gasteiger partial charge in [0.25, 0.3) is 0 Å². The molecular weight excluding hydrogens is 252 g/mol. The van der Waals surface area contributed by atoms with Crippen molar-refractivity contribution in [1.29, 1.82) is 0 Å². The van der Waals surface area contributed by atoms with Crippen molar-refractivity contribution in [2.75, 3.05) is 13.2 Å². The molecule has 0 bridgehead atoms. The summed E-state index contributed by atoms with van der Waals surface area (Å²) in [5.74, 6) is 0.987. The van der Waals surface area contributed by atoms with Gasteiger partial charge in [-0.05, 0) is 37.8 Å². The molecule has 0 saturated carbocycles. The zero-order chi connectivity index (χ0) is 15.0. The van der Waals surface area contributed by atoms with Crippen molar-refractivity contribution in [3.05, 3.63) is 29.8 Å². The summed E-state index contributed by atoms with van der Waals surface area (Å²) in [6, 6.07) is 7.59. The molecule has 4 nitrogen and oxygen atoms in total. The van der Waals surface area contributed by atoms with Gasteiger partial charge in [0.05, 0.1) is 12.6 Å². The van der Waals surface area contributed by atoms with E-state index >= 15 is 0 Å². The molecule has 1 aromatic carbocycles. The van der Waals surface area contributed by atoms with E-state index in [0.717, 1.165) is 18.6 Å². The quantitative estimate of drug-likeness (QED) is 0.717. The number of amides is 1. The average Bonchev–Trinajstić information content (AvgIpc) is 2.43. The lowest BCUT2D eigenvalue weighted by molar-refractivity contribution is -0.123. The lowest BCUT2D eigenvalue weighted by atomic mass is 10.1. The standard InChI is InChI=1S/C16H26N2O2/c1-12(2)15(17)16(19)18-10-4-5-11-20-14-8-6-13(3)7-9-14/h6-9,12,15H,4-5,10-11,17H2,1-3H3,(H,18,19)/t15-/m0/s1. The zero-order valence-electron chi connectivity index (χ0n) is 12.7. The molecule has 1 aromatic rings. The molecule has 0 heterocycles. The number of carbonyl (C=O) groups is 1. The maximum absolute atomic E-state index is 11.6. The van der Waals surface area contributed by atoms with E-state index < -0.39 is 6.04 Å². The Morgan fingerprint density at radius 2 is 1.90 bits per heavy atom. The number of ether oxygens (including phenoxy) is 1. The summed E-state index contributed by atoms with van der Waals surface area (Å²) in [5, 5.41) is 2.85. The summed E-state index contributed by atoms with van der Waals surface area (Å²) >= 11 is 0. The number of unbranched alkanes of at least 4 members (excludes halogenated alkanes) is 1. The molecule has 3 N–H and O–H groups in total. The van der Waals surface area contributed by atoms with Crippen molar-refractivity contribution in [2.24, 2.45) is 11.7 Å². The average molecular weight is 278 g/mol. The molecule has 1 rings (SSSR count). The normalized spacial score (nSPS) is 12.2. The van der Waals surface area contributed by atoms with Crippen LogP contribution in [0.4, 0.5) is 0 Å². The SMILES string of the molecule is Cc1ccc(OCCCCNC(=O)[C@@H](N)C(C)C)cc1. The molecule has 0 aromatic heterocycles. The number of benzene rings is 1. The minimum Gasteiger partial charge on any atom is -0.494 e. The zero-order valence-corrected chi connectivity index (χ0v) is 12.7. The van der Waals surface area contributed by atoms with Crippen LogP contribution >= 0.6 is 0 Å². The van der Waals surface area contributed by atoms with Crippen LogP contribution in [0, 0.1) is 12.8 Å². The van der Waals surface area contributed by atoms with Crippen LogP contribution in [0.1, 0.15) is 32.3 Å².